The number of hydrogen-bond acceptors (Lipinski definition) is 2. The van der Waals surface area contributed by atoms with Crippen LogP contribution in [0.15, 0.2) is 30.6 Å². The molecular formula is C17H24FN3. The Morgan fingerprint density at radius 3 is 2.81 bits per heavy atom. The van der Waals surface area contributed by atoms with Crippen molar-refractivity contribution in [1.82, 2.24) is 15.1 Å². The van der Waals surface area contributed by atoms with Crippen LogP contribution in [0, 0.1) is 12.7 Å². The van der Waals surface area contributed by atoms with E-state index in [9.17, 15) is 4.39 Å². The molecule has 1 aromatic carbocycles. The van der Waals surface area contributed by atoms with Crippen molar-refractivity contribution in [2.24, 2.45) is 0 Å². The summed E-state index contributed by atoms with van der Waals surface area (Å²) >= 11 is 0. The average Bonchev–Trinajstić information content (AvgIpc) is 2.92. The molecule has 4 heteroatoms. The van der Waals surface area contributed by atoms with Gasteiger partial charge in [-0.05, 0) is 32.4 Å². The van der Waals surface area contributed by atoms with Crippen molar-refractivity contribution in [3.8, 4) is 0 Å². The van der Waals surface area contributed by atoms with Gasteiger partial charge in [0.2, 0.25) is 0 Å². The molecule has 0 saturated heterocycles. The minimum Gasteiger partial charge on any atom is -0.306 e. The average molecular weight is 289 g/mol. The first-order valence-electron chi connectivity index (χ1n) is 7.67. The summed E-state index contributed by atoms with van der Waals surface area (Å²) in [6.07, 6.45) is 5.89. The fraction of sp³-hybridized carbons (Fsp3) is 0.471. The number of halogens is 1. The highest BCUT2D eigenvalue weighted by Gasteiger charge is 2.19. The van der Waals surface area contributed by atoms with Gasteiger partial charge in [0.05, 0.1) is 12.2 Å². The predicted molar refractivity (Wildman–Crippen MR) is 83.8 cm³/mol. The van der Waals surface area contributed by atoms with Crippen molar-refractivity contribution in [3.05, 3.63) is 53.1 Å². The Hall–Kier alpha value is -1.68. The molecule has 0 aliphatic carbocycles. The summed E-state index contributed by atoms with van der Waals surface area (Å²) < 4.78 is 16.1. The second-order valence-corrected chi connectivity index (χ2v) is 5.45. The number of nitrogens with zero attached hydrogens (tertiary/aromatic N) is 2. The van der Waals surface area contributed by atoms with E-state index in [1.54, 1.807) is 12.1 Å². The van der Waals surface area contributed by atoms with Crippen LogP contribution in [0.3, 0.4) is 0 Å². The first-order chi connectivity index (χ1) is 10.2. The molecule has 2 aromatic rings. The lowest BCUT2D eigenvalue weighted by Crippen LogP contribution is -2.24. The Kier molecular flexibility index (Phi) is 5.51. The fourth-order valence-corrected chi connectivity index (χ4v) is 2.46. The Morgan fingerprint density at radius 1 is 1.29 bits per heavy atom. The smallest absolute Gasteiger partial charge is 0.128 e. The Labute approximate surface area is 126 Å². The predicted octanol–water partition coefficient (Wildman–Crippen LogP) is 3.83. The molecule has 2 rings (SSSR count). The number of aryl methyl sites for hydroxylation is 2. The molecule has 0 bridgehead atoms. The Bertz CT molecular complexity index is 577. The highest BCUT2D eigenvalue weighted by molar-refractivity contribution is 5.33. The summed E-state index contributed by atoms with van der Waals surface area (Å²) in [4.78, 5) is 0. The number of hydrogen-bond donors (Lipinski definition) is 1. The molecule has 21 heavy (non-hydrogen) atoms. The van der Waals surface area contributed by atoms with Gasteiger partial charge < -0.3 is 5.32 Å². The molecule has 114 valence electrons. The van der Waals surface area contributed by atoms with Crippen LogP contribution in [0.2, 0.25) is 0 Å². The molecular weight excluding hydrogens is 265 g/mol. The highest BCUT2D eigenvalue weighted by Crippen LogP contribution is 2.25. The zero-order valence-electron chi connectivity index (χ0n) is 13.1. The summed E-state index contributed by atoms with van der Waals surface area (Å²) in [6.45, 7) is 7.94. The van der Waals surface area contributed by atoms with Crippen LogP contribution in [0.1, 0.15) is 49.4 Å². The number of nitrogens with one attached hydrogen (secondary N) is 1. The fourth-order valence-electron chi connectivity index (χ4n) is 2.46. The van der Waals surface area contributed by atoms with E-state index in [0.29, 0.717) is 5.56 Å². The molecule has 0 aliphatic heterocycles. The molecule has 1 unspecified atom stereocenters. The number of aromatic nitrogens is 2. The van der Waals surface area contributed by atoms with Crippen molar-refractivity contribution >= 4 is 0 Å². The van der Waals surface area contributed by atoms with E-state index in [1.165, 1.54) is 0 Å². The third kappa shape index (κ3) is 3.91. The van der Waals surface area contributed by atoms with Crippen LogP contribution in [-0.4, -0.2) is 16.3 Å². The van der Waals surface area contributed by atoms with Gasteiger partial charge in [-0.3, -0.25) is 4.68 Å². The van der Waals surface area contributed by atoms with E-state index in [1.807, 2.05) is 30.1 Å². The van der Waals surface area contributed by atoms with E-state index < -0.39 is 0 Å². The topological polar surface area (TPSA) is 29.9 Å². The van der Waals surface area contributed by atoms with Gasteiger partial charge in [-0.1, -0.05) is 31.5 Å². The highest BCUT2D eigenvalue weighted by atomic mass is 19.1. The second kappa shape index (κ2) is 7.36. The van der Waals surface area contributed by atoms with Crippen LogP contribution >= 0.6 is 0 Å². The molecule has 0 spiro atoms. The molecule has 0 fully saturated rings. The first-order valence-corrected chi connectivity index (χ1v) is 7.67. The summed E-state index contributed by atoms with van der Waals surface area (Å²) in [5.41, 5.74) is 2.77. The number of benzene rings is 1. The quantitative estimate of drug-likeness (QED) is 0.839. The summed E-state index contributed by atoms with van der Waals surface area (Å²) in [6, 6.07) is 5.12. The van der Waals surface area contributed by atoms with Gasteiger partial charge in [-0.25, -0.2) is 4.39 Å². The third-order valence-electron chi connectivity index (χ3n) is 3.50. The molecule has 1 N–H and O–H groups in total. The Balaban J connectivity index is 2.34. The van der Waals surface area contributed by atoms with E-state index in [2.05, 4.69) is 24.3 Å². The standard InChI is InChI=1S/C17H24FN3/c1-4-8-19-17(14-11-20-21(12-14)9-5-2)15-10-13(3)6-7-16(15)18/h6-7,10-12,17,19H,4-5,8-9H2,1-3H3. The Morgan fingerprint density at radius 2 is 2.10 bits per heavy atom. The monoisotopic (exact) mass is 289 g/mol. The first kappa shape index (κ1) is 15.7. The van der Waals surface area contributed by atoms with Crippen LogP contribution < -0.4 is 5.32 Å². The van der Waals surface area contributed by atoms with Gasteiger partial charge >= 0.3 is 0 Å². The van der Waals surface area contributed by atoms with Crippen LogP contribution in [-0.2, 0) is 6.54 Å². The van der Waals surface area contributed by atoms with E-state index in [0.717, 1.165) is 37.1 Å². The van der Waals surface area contributed by atoms with Gasteiger partial charge in [-0.15, -0.1) is 0 Å². The maximum atomic E-state index is 14.2. The lowest BCUT2D eigenvalue weighted by molar-refractivity contribution is 0.544. The lowest BCUT2D eigenvalue weighted by Gasteiger charge is -2.19. The summed E-state index contributed by atoms with van der Waals surface area (Å²) in [5, 5.41) is 7.80. The summed E-state index contributed by atoms with van der Waals surface area (Å²) in [7, 11) is 0. The largest absolute Gasteiger partial charge is 0.306 e. The van der Waals surface area contributed by atoms with E-state index in [-0.39, 0.29) is 11.9 Å². The van der Waals surface area contributed by atoms with Gasteiger partial charge in [0, 0.05) is 23.9 Å². The number of rotatable bonds is 7. The van der Waals surface area contributed by atoms with Gasteiger partial charge in [-0.2, -0.15) is 5.10 Å². The SMILES string of the molecule is CCCNC(c1cnn(CCC)c1)c1cc(C)ccc1F. The van der Waals surface area contributed by atoms with Crippen LogP contribution in [0.4, 0.5) is 4.39 Å². The summed E-state index contributed by atoms with van der Waals surface area (Å²) in [5.74, 6) is -0.169. The van der Waals surface area contributed by atoms with Crippen LogP contribution in [0.5, 0.6) is 0 Å². The maximum absolute atomic E-state index is 14.2. The van der Waals surface area contributed by atoms with Gasteiger partial charge in [0.1, 0.15) is 5.82 Å². The molecule has 0 aliphatic rings. The molecule has 1 heterocycles. The molecule has 0 saturated carbocycles. The van der Waals surface area contributed by atoms with Crippen molar-refractivity contribution in [2.45, 2.75) is 46.2 Å². The van der Waals surface area contributed by atoms with Crippen molar-refractivity contribution < 1.29 is 4.39 Å². The zero-order valence-corrected chi connectivity index (χ0v) is 13.1. The zero-order chi connectivity index (χ0) is 15.2. The van der Waals surface area contributed by atoms with Crippen molar-refractivity contribution in [2.75, 3.05) is 6.54 Å². The van der Waals surface area contributed by atoms with Gasteiger partial charge in [0.15, 0.2) is 0 Å². The molecule has 1 aromatic heterocycles. The minimum absolute atomic E-state index is 0.143. The third-order valence-corrected chi connectivity index (χ3v) is 3.50. The van der Waals surface area contributed by atoms with Crippen molar-refractivity contribution in [3.63, 3.8) is 0 Å². The van der Waals surface area contributed by atoms with Crippen LogP contribution in [0.25, 0.3) is 0 Å². The minimum atomic E-state index is -0.169. The van der Waals surface area contributed by atoms with E-state index in [4.69, 9.17) is 0 Å². The maximum Gasteiger partial charge on any atom is 0.128 e. The lowest BCUT2D eigenvalue weighted by atomic mass is 9.99. The van der Waals surface area contributed by atoms with E-state index >= 15 is 0 Å². The second-order valence-electron chi connectivity index (χ2n) is 5.45. The molecule has 0 amide bonds. The normalized spacial score (nSPS) is 12.6. The molecule has 1 atom stereocenters. The molecule has 3 nitrogen and oxygen atoms in total. The van der Waals surface area contributed by atoms with Gasteiger partial charge in [0.25, 0.3) is 0 Å². The van der Waals surface area contributed by atoms with Crippen molar-refractivity contribution in [1.29, 1.82) is 0 Å². The molecule has 0 radical (unpaired) electrons.